The fraction of sp³-hybridized carbons (Fsp3) is 0.333. The van der Waals surface area contributed by atoms with Gasteiger partial charge in [0.15, 0.2) is 0 Å². The van der Waals surface area contributed by atoms with Crippen LogP contribution in [0, 0.1) is 0 Å². The number of carbonyl (C=O) groups is 2. The number of hydrogen-bond donors (Lipinski definition) is 0. The summed E-state index contributed by atoms with van der Waals surface area (Å²) >= 11 is 0. The van der Waals surface area contributed by atoms with Gasteiger partial charge in [-0.25, -0.2) is 0 Å². The first kappa shape index (κ1) is 16.8. The molecule has 0 saturated carbocycles. The summed E-state index contributed by atoms with van der Waals surface area (Å²) in [4.78, 5) is 18.8. The number of carbonyl (C=O) groups excluding carboxylic acids is 2. The van der Waals surface area contributed by atoms with Crippen molar-refractivity contribution in [1.29, 1.82) is 0 Å². The Hall–Kier alpha value is 2.41. The Kier molecular flexibility index (Phi) is 25.4. The third kappa shape index (κ3) is 15.8. The van der Waals surface area contributed by atoms with Crippen LogP contribution in [0.3, 0.4) is 0 Å². The van der Waals surface area contributed by atoms with Crippen molar-refractivity contribution in [3.63, 3.8) is 0 Å². The Bertz CT molecular complexity index is 72.9. The number of ether oxygens (including phenoxy) is 1. The van der Waals surface area contributed by atoms with E-state index in [1.54, 1.807) is 0 Å². The van der Waals surface area contributed by atoms with E-state index in [1.165, 1.54) is 0 Å². The van der Waals surface area contributed by atoms with E-state index in [2.05, 4.69) is 4.74 Å². The molecule has 0 aromatic carbocycles. The van der Waals surface area contributed by atoms with Gasteiger partial charge in [0.05, 0.1) is 0 Å². The maximum atomic E-state index is 9.59. The summed E-state index contributed by atoms with van der Waals surface area (Å²) in [5.41, 5.74) is 0. The molecule has 0 aliphatic carbocycles. The quantitative estimate of drug-likeness (QED) is 0.205. The molecule has 5 heteroatoms. The van der Waals surface area contributed by atoms with Crippen molar-refractivity contribution in [2.75, 3.05) is 0 Å². The van der Waals surface area contributed by atoms with Gasteiger partial charge >= 0.3 is 115 Å². The second-order valence-corrected chi connectivity index (χ2v) is 0.706. The molecule has 0 heterocycles. The van der Waals surface area contributed by atoms with Crippen LogP contribution in [0.5, 0.6) is 0 Å². The van der Waals surface area contributed by atoms with Crippen LogP contribution >= 0.6 is 0 Å². The van der Waals surface area contributed by atoms with Crippen molar-refractivity contribution in [1.82, 2.24) is 0 Å². The van der Waals surface area contributed by atoms with Crippen LogP contribution in [0.1, 0.15) is 6.92 Å². The second-order valence-electron chi connectivity index (χ2n) is 0.706. The fourth-order valence-electron chi connectivity index (χ4n) is 0.0678. The minimum absolute atomic E-state index is 0. The molecule has 0 atom stereocenters. The molecular formula is C3H6K2O3. The molecule has 0 radical (unpaired) electrons. The van der Waals surface area contributed by atoms with Gasteiger partial charge in [0, 0.05) is 6.92 Å². The Balaban J connectivity index is -0.000000125. The molecule has 0 N–H and O–H groups in total. The summed E-state index contributed by atoms with van der Waals surface area (Å²) in [6.07, 6.45) is 0. The average Bonchev–Trinajstić information content (AvgIpc) is 1.35. The van der Waals surface area contributed by atoms with Crippen molar-refractivity contribution in [2.24, 2.45) is 0 Å². The van der Waals surface area contributed by atoms with Crippen LogP contribution in [0.25, 0.3) is 0 Å². The van der Waals surface area contributed by atoms with E-state index in [0.29, 0.717) is 0 Å². The van der Waals surface area contributed by atoms with Gasteiger partial charge in [-0.3, -0.25) is 9.59 Å². The Labute approximate surface area is 133 Å². The molecule has 0 unspecified atom stereocenters. The molecule has 0 spiro atoms. The monoisotopic (exact) mass is 168 g/mol. The maximum absolute atomic E-state index is 9.59. The van der Waals surface area contributed by atoms with Crippen LogP contribution in [0.4, 0.5) is 0 Å². The van der Waals surface area contributed by atoms with Gasteiger partial charge in [0.1, 0.15) is 0 Å². The van der Waals surface area contributed by atoms with Gasteiger partial charge in [-0.05, 0) is 0 Å². The Morgan fingerprint density at radius 1 is 1.50 bits per heavy atom. The van der Waals surface area contributed by atoms with Crippen LogP contribution < -0.4 is 0 Å². The molecule has 3 nitrogen and oxygen atoms in total. The van der Waals surface area contributed by atoms with E-state index >= 15 is 0 Å². The molecule has 0 aromatic rings. The first-order valence-electron chi connectivity index (χ1n) is 1.38. The van der Waals surface area contributed by atoms with E-state index in [-0.39, 0.29) is 109 Å². The minimum atomic E-state index is -0.579. The van der Waals surface area contributed by atoms with Crippen molar-refractivity contribution >= 4 is 115 Å². The molecule has 0 aliphatic rings. The Morgan fingerprint density at radius 3 is 1.88 bits per heavy atom. The van der Waals surface area contributed by atoms with E-state index in [4.69, 9.17) is 0 Å². The van der Waals surface area contributed by atoms with Gasteiger partial charge in [0.2, 0.25) is 0 Å². The van der Waals surface area contributed by atoms with Crippen molar-refractivity contribution in [3.8, 4) is 0 Å². The molecule has 0 fully saturated rings. The number of esters is 1. The van der Waals surface area contributed by atoms with Crippen LogP contribution in [0.15, 0.2) is 0 Å². The molecule has 0 saturated heterocycles. The summed E-state index contributed by atoms with van der Waals surface area (Å²) in [6.45, 7) is 1.26. The predicted molar refractivity (Wildman–Crippen MR) is 32.1 cm³/mol. The molecule has 0 aromatic heterocycles. The topological polar surface area (TPSA) is 43.4 Å². The predicted octanol–water partition coefficient (Wildman–Crippen LogP) is -1.59. The molecule has 0 aliphatic heterocycles. The summed E-state index contributed by atoms with van der Waals surface area (Å²) in [5, 5.41) is 0. The molecular weight excluding hydrogens is 162 g/mol. The zero-order valence-corrected chi connectivity index (χ0v) is 3.30. The molecule has 38 valence electrons. The average molecular weight is 168 g/mol. The third-order valence-electron chi connectivity index (χ3n) is 0.214. The van der Waals surface area contributed by atoms with Crippen molar-refractivity contribution < 1.29 is 14.3 Å². The standard InChI is InChI=1S/C3H4O3.2K.2H/c1-3(5)6-2-4;;;;/h2H,1H3;;;;. The summed E-state index contributed by atoms with van der Waals surface area (Å²) < 4.78 is 3.72. The summed E-state index contributed by atoms with van der Waals surface area (Å²) in [5.74, 6) is -0.579. The third-order valence-corrected chi connectivity index (χ3v) is 0.214. The summed E-state index contributed by atoms with van der Waals surface area (Å²) in [7, 11) is 0. The summed E-state index contributed by atoms with van der Waals surface area (Å²) in [6, 6.07) is 0. The SMILES string of the molecule is CC(=O)OC=O.[KH].[KH]. The molecule has 0 rings (SSSR count). The first-order valence-corrected chi connectivity index (χ1v) is 1.38. The van der Waals surface area contributed by atoms with Crippen LogP contribution in [-0.2, 0) is 14.3 Å². The number of hydrogen-bond acceptors (Lipinski definition) is 3. The van der Waals surface area contributed by atoms with Crippen LogP contribution in [-0.4, -0.2) is 115 Å². The molecule has 0 bridgehead atoms. The van der Waals surface area contributed by atoms with E-state index in [9.17, 15) is 9.59 Å². The molecule has 0 amide bonds. The van der Waals surface area contributed by atoms with Crippen LogP contribution in [0.2, 0.25) is 0 Å². The van der Waals surface area contributed by atoms with E-state index in [0.717, 1.165) is 6.92 Å². The van der Waals surface area contributed by atoms with Gasteiger partial charge in [-0.15, -0.1) is 0 Å². The molecule has 8 heavy (non-hydrogen) atoms. The van der Waals surface area contributed by atoms with E-state index in [1.807, 2.05) is 0 Å². The van der Waals surface area contributed by atoms with Crippen molar-refractivity contribution in [3.05, 3.63) is 0 Å². The Morgan fingerprint density at radius 2 is 1.88 bits per heavy atom. The van der Waals surface area contributed by atoms with Gasteiger partial charge in [0.25, 0.3) is 0 Å². The zero-order chi connectivity index (χ0) is 4.99. The van der Waals surface area contributed by atoms with E-state index < -0.39 is 5.97 Å². The number of rotatable bonds is 1. The van der Waals surface area contributed by atoms with Gasteiger partial charge < -0.3 is 4.74 Å². The normalized spacial score (nSPS) is 5.12. The first-order chi connectivity index (χ1) is 2.77. The fourth-order valence-corrected chi connectivity index (χ4v) is 0.0678. The second kappa shape index (κ2) is 12.1. The van der Waals surface area contributed by atoms with Gasteiger partial charge in [-0.2, -0.15) is 0 Å². The van der Waals surface area contributed by atoms with Gasteiger partial charge in [-0.1, -0.05) is 0 Å². The van der Waals surface area contributed by atoms with Crippen molar-refractivity contribution in [2.45, 2.75) is 6.92 Å². The zero-order valence-electron chi connectivity index (χ0n) is 3.30.